The molecule has 4 unspecified atom stereocenters. The van der Waals surface area contributed by atoms with Gasteiger partial charge in [0.1, 0.15) is 11.6 Å². The molecule has 218 valence electrons. The molecule has 2 fully saturated rings. The summed E-state index contributed by atoms with van der Waals surface area (Å²) in [6, 6.07) is 24.2. The predicted octanol–water partition coefficient (Wildman–Crippen LogP) is 5.66. The number of carbonyl (C=O) groups excluding carboxylic acids is 1. The van der Waals surface area contributed by atoms with Crippen molar-refractivity contribution in [3.8, 4) is 11.1 Å². The van der Waals surface area contributed by atoms with Crippen molar-refractivity contribution in [3.05, 3.63) is 95.1 Å². The van der Waals surface area contributed by atoms with Crippen LogP contribution in [0.4, 0.5) is 0 Å². The zero-order valence-corrected chi connectivity index (χ0v) is 24.3. The van der Waals surface area contributed by atoms with Gasteiger partial charge in [0.2, 0.25) is 0 Å². The number of hydrogen-bond donors (Lipinski definition) is 2. The van der Waals surface area contributed by atoms with Crippen LogP contribution >= 0.6 is 0 Å². The van der Waals surface area contributed by atoms with E-state index in [4.69, 9.17) is 19.9 Å². The van der Waals surface area contributed by atoms with Crippen molar-refractivity contribution in [2.45, 2.75) is 83.3 Å². The number of likely N-dealkylation sites (tertiary alicyclic amines) is 1. The number of esters is 1. The summed E-state index contributed by atoms with van der Waals surface area (Å²) in [6.07, 6.45) is 1.48. The van der Waals surface area contributed by atoms with Crippen molar-refractivity contribution in [2.75, 3.05) is 13.1 Å². The molecule has 7 heteroatoms. The number of aliphatic hydroxyl groups excluding tert-OH is 1. The van der Waals surface area contributed by atoms with Gasteiger partial charge in [0.25, 0.3) is 0 Å². The molecule has 0 aliphatic carbocycles. The fourth-order valence-corrected chi connectivity index (χ4v) is 5.72. The van der Waals surface area contributed by atoms with Crippen LogP contribution in [0, 0.1) is 0 Å². The van der Waals surface area contributed by atoms with Gasteiger partial charge >= 0.3 is 5.97 Å². The molecule has 0 aromatic heterocycles. The average molecular weight is 559 g/mol. The van der Waals surface area contributed by atoms with E-state index in [1.807, 2.05) is 69.3 Å². The molecule has 0 amide bonds. The van der Waals surface area contributed by atoms with Crippen LogP contribution in [0.1, 0.15) is 74.7 Å². The molecule has 0 radical (unpaired) electrons. The van der Waals surface area contributed by atoms with Crippen LogP contribution in [0.2, 0.25) is 0 Å². The van der Waals surface area contributed by atoms with Crippen LogP contribution in [-0.4, -0.2) is 46.8 Å². The summed E-state index contributed by atoms with van der Waals surface area (Å²) in [7, 11) is 0. The summed E-state index contributed by atoms with van der Waals surface area (Å²) in [5.41, 5.74) is 11.4. The number of benzene rings is 3. The minimum absolute atomic E-state index is 0.000667. The number of nitrogens with zero attached hydrogens (tertiary/aromatic N) is 1. The Bertz CT molecular complexity index is 1320. The van der Waals surface area contributed by atoms with E-state index in [1.54, 1.807) is 0 Å². The zero-order valence-electron chi connectivity index (χ0n) is 24.3. The Hall–Kier alpha value is -3.07. The lowest BCUT2D eigenvalue weighted by atomic mass is 9.98. The maximum Gasteiger partial charge on any atom is 0.323 e. The maximum atomic E-state index is 13.0. The smallest absolute Gasteiger partial charge is 0.323 e. The van der Waals surface area contributed by atoms with Crippen molar-refractivity contribution >= 4 is 5.97 Å². The maximum absolute atomic E-state index is 13.0. The number of hydrogen-bond acceptors (Lipinski definition) is 7. The average Bonchev–Trinajstić information content (AvgIpc) is 3.44. The number of aliphatic hydroxyl groups is 1. The molecule has 0 bridgehead atoms. The lowest BCUT2D eigenvalue weighted by Gasteiger charge is -2.38. The number of nitrogens with two attached hydrogens (primary N) is 1. The summed E-state index contributed by atoms with van der Waals surface area (Å²) in [5.74, 6) is -0.165. The molecule has 4 atom stereocenters. The standard InChI is InChI=1S/C34H42N2O5/c1-34(2,3)41-32(38)30-11-6-16-36(30)21-29-19-31(25-14-12-23(22-37)13-15-25)40-33(39-29)28-10-5-9-27(18-28)26-8-4-7-24(17-26)20-35/h4-5,7-10,12-15,17-18,29-31,33,37H,6,11,16,19-22,35H2,1-3H3. The molecule has 2 aliphatic heterocycles. The van der Waals surface area contributed by atoms with Gasteiger partial charge in [0.05, 0.1) is 18.8 Å². The van der Waals surface area contributed by atoms with Gasteiger partial charge in [-0.15, -0.1) is 0 Å². The molecular formula is C34H42N2O5. The first-order valence-electron chi connectivity index (χ1n) is 14.6. The van der Waals surface area contributed by atoms with Gasteiger partial charge in [-0.3, -0.25) is 9.69 Å². The third kappa shape index (κ3) is 7.42. The Balaban J connectivity index is 1.40. The molecule has 2 saturated heterocycles. The second-order valence-electron chi connectivity index (χ2n) is 12.1. The van der Waals surface area contributed by atoms with Crippen molar-refractivity contribution in [1.82, 2.24) is 4.90 Å². The van der Waals surface area contributed by atoms with Crippen LogP contribution in [0.15, 0.2) is 72.8 Å². The molecule has 3 N–H and O–H groups in total. The largest absolute Gasteiger partial charge is 0.459 e. The van der Waals surface area contributed by atoms with E-state index in [-0.39, 0.29) is 30.8 Å². The fourth-order valence-electron chi connectivity index (χ4n) is 5.72. The monoisotopic (exact) mass is 558 g/mol. The third-order valence-electron chi connectivity index (χ3n) is 7.75. The van der Waals surface area contributed by atoms with E-state index in [0.29, 0.717) is 19.5 Å². The molecule has 0 saturated carbocycles. The van der Waals surface area contributed by atoms with Gasteiger partial charge in [-0.2, -0.15) is 0 Å². The summed E-state index contributed by atoms with van der Waals surface area (Å²) in [4.78, 5) is 15.2. The van der Waals surface area contributed by atoms with Crippen LogP contribution in [-0.2, 0) is 32.2 Å². The van der Waals surface area contributed by atoms with Crippen molar-refractivity contribution in [3.63, 3.8) is 0 Å². The summed E-state index contributed by atoms with van der Waals surface area (Å²) < 4.78 is 18.9. The van der Waals surface area contributed by atoms with E-state index >= 15 is 0 Å². The van der Waals surface area contributed by atoms with Crippen molar-refractivity contribution < 1.29 is 24.1 Å². The molecule has 41 heavy (non-hydrogen) atoms. The Morgan fingerprint density at radius 1 is 0.976 bits per heavy atom. The molecular weight excluding hydrogens is 516 g/mol. The summed E-state index contributed by atoms with van der Waals surface area (Å²) in [5, 5.41) is 9.52. The fraction of sp³-hybridized carbons (Fsp3) is 0.441. The second kappa shape index (κ2) is 12.8. The Morgan fingerprint density at radius 2 is 1.71 bits per heavy atom. The zero-order chi connectivity index (χ0) is 29.0. The Kier molecular flexibility index (Phi) is 9.22. The predicted molar refractivity (Wildman–Crippen MR) is 159 cm³/mol. The number of rotatable bonds is 8. The van der Waals surface area contributed by atoms with Gasteiger partial charge in [-0.1, -0.05) is 60.7 Å². The van der Waals surface area contributed by atoms with Crippen LogP contribution in [0.25, 0.3) is 11.1 Å². The summed E-state index contributed by atoms with van der Waals surface area (Å²) >= 11 is 0. The first-order chi connectivity index (χ1) is 19.7. The molecule has 7 nitrogen and oxygen atoms in total. The van der Waals surface area contributed by atoms with Gasteiger partial charge in [-0.25, -0.2) is 0 Å². The van der Waals surface area contributed by atoms with Crippen molar-refractivity contribution in [1.29, 1.82) is 0 Å². The molecule has 3 aromatic rings. The van der Waals surface area contributed by atoms with Crippen LogP contribution in [0.5, 0.6) is 0 Å². The molecule has 2 heterocycles. The first-order valence-corrected chi connectivity index (χ1v) is 14.6. The molecule has 5 rings (SSSR count). The second-order valence-corrected chi connectivity index (χ2v) is 12.1. The highest BCUT2D eigenvalue weighted by Crippen LogP contribution is 2.39. The lowest BCUT2D eigenvalue weighted by Crippen LogP contribution is -2.45. The lowest BCUT2D eigenvalue weighted by molar-refractivity contribution is -0.253. The minimum Gasteiger partial charge on any atom is -0.459 e. The quantitative estimate of drug-likeness (QED) is 0.345. The highest BCUT2D eigenvalue weighted by molar-refractivity contribution is 5.76. The molecule has 3 aromatic carbocycles. The topological polar surface area (TPSA) is 94.2 Å². The Labute approximate surface area is 243 Å². The molecule has 2 aliphatic rings. The van der Waals surface area contributed by atoms with Gasteiger partial charge < -0.3 is 25.1 Å². The highest BCUT2D eigenvalue weighted by Gasteiger charge is 2.39. The highest BCUT2D eigenvalue weighted by atomic mass is 16.7. The first kappa shape index (κ1) is 29.4. The Morgan fingerprint density at radius 3 is 2.41 bits per heavy atom. The van der Waals surface area contributed by atoms with E-state index in [1.165, 1.54) is 0 Å². The van der Waals surface area contributed by atoms with Gasteiger partial charge in [-0.05, 0) is 80.1 Å². The number of carbonyl (C=O) groups is 1. The van der Waals surface area contributed by atoms with Crippen molar-refractivity contribution in [2.24, 2.45) is 5.73 Å². The molecule has 0 spiro atoms. The third-order valence-corrected chi connectivity index (χ3v) is 7.75. The van der Waals surface area contributed by atoms with Crippen LogP contribution in [0.3, 0.4) is 0 Å². The van der Waals surface area contributed by atoms with E-state index in [2.05, 4.69) is 29.2 Å². The minimum atomic E-state index is -0.573. The summed E-state index contributed by atoms with van der Waals surface area (Å²) in [6.45, 7) is 7.66. The van der Waals surface area contributed by atoms with Gasteiger partial charge in [0.15, 0.2) is 6.29 Å². The van der Waals surface area contributed by atoms with Gasteiger partial charge in [0, 0.05) is 25.1 Å². The van der Waals surface area contributed by atoms with E-state index in [0.717, 1.165) is 52.8 Å². The normalized spacial score (nSPS) is 23.4. The van der Waals surface area contributed by atoms with E-state index in [9.17, 15) is 9.90 Å². The number of ether oxygens (including phenoxy) is 3. The SMILES string of the molecule is CC(C)(C)OC(=O)C1CCCN1CC1CC(c2ccc(CO)cc2)OC(c2cccc(-c3cccc(CN)c3)c2)O1. The van der Waals surface area contributed by atoms with Crippen LogP contribution < -0.4 is 5.73 Å². The van der Waals surface area contributed by atoms with E-state index < -0.39 is 11.9 Å².